The molecule has 2 N–H and O–H groups in total. The van der Waals surface area contributed by atoms with Crippen molar-refractivity contribution < 1.29 is 23.7 Å². The van der Waals surface area contributed by atoms with E-state index in [-0.39, 0.29) is 11.4 Å². The van der Waals surface area contributed by atoms with Crippen LogP contribution in [0.5, 0.6) is 5.75 Å². The molecule has 0 aliphatic carbocycles. The smallest absolute Gasteiger partial charge is 0.162 e. The summed E-state index contributed by atoms with van der Waals surface area (Å²) in [5, 5.41) is 20.5. The molecule has 2 fully saturated rings. The molecule has 0 saturated carbocycles. The van der Waals surface area contributed by atoms with E-state index >= 15 is 0 Å². The molecule has 0 amide bonds. The second kappa shape index (κ2) is 12.6. The van der Waals surface area contributed by atoms with Gasteiger partial charge in [0.05, 0.1) is 30.7 Å². The maximum atomic E-state index is 14.9. The van der Waals surface area contributed by atoms with Crippen molar-refractivity contribution in [1.29, 1.82) is 0 Å². The topological polar surface area (TPSA) is 82.0 Å². The Hall–Kier alpha value is -2.20. The van der Waals surface area contributed by atoms with E-state index in [4.69, 9.17) is 4.74 Å². The molecule has 2 aliphatic rings. The first-order valence-corrected chi connectivity index (χ1v) is 13.6. The molecular weight excluding hydrogens is 478 g/mol. The van der Waals surface area contributed by atoms with Gasteiger partial charge in [-0.15, -0.1) is 0 Å². The molecule has 1 aromatic heterocycles. The Labute approximate surface area is 218 Å². The number of ether oxygens (including phenoxy) is 1. The van der Waals surface area contributed by atoms with Gasteiger partial charge in [-0.05, 0) is 75.2 Å². The molecule has 7 nitrogen and oxygen atoms in total. The van der Waals surface area contributed by atoms with E-state index in [0.717, 1.165) is 32.4 Å². The average Bonchev–Trinajstić information content (AvgIpc) is 2.92. The number of aliphatic hydroxyl groups excluding tert-OH is 2. The van der Waals surface area contributed by atoms with Crippen LogP contribution in [0.15, 0.2) is 30.6 Å². The number of hydrogen-bond acceptors (Lipinski definition) is 7. The van der Waals surface area contributed by atoms with Gasteiger partial charge in [0.15, 0.2) is 11.6 Å². The minimum absolute atomic E-state index is 0.245. The molecule has 4 rings (SSSR count). The number of β-amino-alcohol motifs (C(OH)–C–C–N with tert-alkyl or cyclic N) is 1. The summed E-state index contributed by atoms with van der Waals surface area (Å²) in [5.74, 6) is 0.653. The number of aliphatic hydroxyl groups is 2. The first-order valence-electron chi connectivity index (χ1n) is 13.6. The lowest BCUT2D eigenvalue weighted by atomic mass is 9.94. The van der Waals surface area contributed by atoms with Gasteiger partial charge in [0.1, 0.15) is 17.7 Å². The predicted molar refractivity (Wildman–Crippen MR) is 138 cm³/mol. The maximum Gasteiger partial charge on any atom is 0.162 e. The lowest BCUT2D eigenvalue weighted by molar-refractivity contribution is -0.0457. The van der Waals surface area contributed by atoms with Crippen LogP contribution in [0.3, 0.4) is 0 Å². The second-order valence-corrected chi connectivity index (χ2v) is 10.5. The third kappa shape index (κ3) is 7.22. The Morgan fingerprint density at radius 3 is 2.43 bits per heavy atom. The minimum Gasteiger partial charge on any atom is -0.490 e. The predicted octanol–water partition coefficient (Wildman–Crippen LogP) is 4.35. The summed E-state index contributed by atoms with van der Waals surface area (Å²) in [6.07, 6.45) is 6.17. The van der Waals surface area contributed by atoms with Crippen LogP contribution in [0, 0.1) is 11.7 Å². The van der Waals surface area contributed by atoms with E-state index in [0.29, 0.717) is 62.7 Å². The molecule has 9 heteroatoms. The van der Waals surface area contributed by atoms with Crippen molar-refractivity contribution in [2.24, 2.45) is 5.92 Å². The third-order valence-corrected chi connectivity index (χ3v) is 7.90. The van der Waals surface area contributed by atoms with Gasteiger partial charge in [-0.3, -0.25) is 4.90 Å². The van der Waals surface area contributed by atoms with Crippen LogP contribution >= 0.6 is 0 Å². The number of rotatable bonds is 10. The molecule has 204 valence electrons. The Morgan fingerprint density at radius 2 is 1.81 bits per heavy atom. The van der Waals surface area contributed by atoms with Crippen LogP contribution in [-0.4, -0.2) is 81.1 Å². The van der Waals surface area contributed by atoms with Crippen LogP contribution in [0.2, 0.25) is 0 Å². The second-order valence-electron chi connectivity index (χ2n) is 10.5. The normalized spacial score (nSPS) is 21.2. The fourth-order valence-electron chi connectivity index (χ4n) is 5.22. The molecule has 1 aromatic carbocycles. The lowest BCUT2D eigenvalue weighted by Gasteiger charge is -2.36. The highest BCUT2D eigenvalue weighted by molar-refractivity contribution is 5.56. The number of likely N-dealkylation sites (tertiary alicyclic amines) is 2. The molecule has 2 saturated heterocycles. The van der Waals surface area contributed by atoms with Crippen LogP contribution in [0.4, 0.5) is 8.78 Å². The molecule has 0 bridgehead atoms. The van der Waals surface area contributed by atoms with E-state index in [1.807, 2.05) is 13.8 Å². The molecule has 2 atom stereocenters. The van der Waals surface area contributed by atoms with Crippen LogP contribution in [0.1, 0.15) is 64.2 Å². The van der Waals surface area contributed by atoms with Crippen molar-refractivity contribution in [3.63, 3.8) is 0 Å². The van der Waals surface area contributed by atoms with E-state index in [1.165, 1.54) is 6.07 Å². The molecule has 1 unspecified atom stereocenters. The summed E-state index contributed by atoms with van der Waals surface area (Å²) in [5.41, 5.74) is -0.418. The van der Waals surface area contributed by atoms with Crippen molar-refractivity contribution in [3.8, 4) is 17.1 Å². The van der Waals surface area contributed by atoms with Crippen molar-refractivity contribution in [3.05, 3.63) is 42.0 Å². The Bertz CT molecular complexity index is 997. The van der Waals surface area contributed by atoms with E-state index in [2.05, 4.69) is 14.9 Å². The Kier molecular flexibility index (Phi) is 9.45. The van der Waals surface area contributed by atoms with Gasteiger partial charge in [-0.1, -0.05) is 19.9 Å². The monoisotopic (exact) mass is 518 g/mol. The zero-order valence-corrected chi connectivity index (χ0v) is 22.0. The maximum absolute atomic E-state index is 14.9. The Balaban J connectivity index is 1.28. The molecular formula is C28H40F2N4O3. The zero-order chi connectivity index (χ0) is 26.4. The highest BCUT2D eigenvalue weighted by Gasteiger charge is 2.30. The van der Waals surface area contributed by atoms with E-state index in [9.17, 15) is 19.0 Å². The first-order chi connectivity index (χ1) is 17.8. The van der Waals surface area contributed by atoms with E-state index in [1.54, 1.807) is 29.4 Å². The number of nitrogens with zero attached hydrogens (tertiary/aromatic N) is 4. The SMILES string of the molecule is CCC(F)(CC)CN1CCC(COc2cnc(-c3ccc(C(O)N4CCC[C@@H](O)C4)cc3F)nc2)CC1. The summed E-state index contributed by atoms with van der Waals surface area (Å²) < 4.78 is 35.5. The van der Waals surface area contributed by atoms with Gasteiger partial charge < -0.3 is 19.8 Å². The number of piperidine rings is 2. The van der Waals surface area contributed by atoms with Crippen molar-refractivity contribution in [2.75, 3.05) is 39.3 Å². The standard InChI is InChI=1S/C28H40F2N4O3/c1-3-28(30,4-2)19-33-12-9-20(10-13-33)18-37-23-15-31-26(32-16-23)24-8-7-21(14-25(24)29)27(36)34-11-5-6-22(35)17-34/h7-8,14-16,20,22,27,35-36H,3-6,9-13,17-19H2,1-2H3/t22-,27?/m1/s1. The van der Waals surface area contributed by atoms with Gasteiger partial charge in [0.25, 0.3) is 0 Å². The fourth-order valence-corrected chi connectivity index (χ4v) is 5.22. The minimum atomic E-state index is -1.10. The average molecular weight is 519 g/mol. The van der Waals surface area contributed by atoms with Crippen LogP contribution in [0.25, 0.3) is 11.4 Å². The van der Waals surface area contributed by atoms with Gasteiger partial charge in [0, 0.05) is 19.6 Å². The van der Waals surface area contributed by atoms with Crippen LogP contribution < -0.4 is 4.74 Å². The van der Waals surface area contributed by atoms with Gasteiger partial charge in [-0.25, -0.2) is 18.7 Å². The first kappa shape index (κ1) is 27.8. The number of aromatic nitrogens is 2. The highest BCUT2D eigenvalue weighted by Crippen LogP contribution is 2.28. The van der Waals surface area contributed by atoms with Crippen molar-refractivity contribution >= 4 is 0 Å². The summed E-state index contributed by atoms with van der Waals surface area (Å²) in [4.78, 5) is 12.5. The number of halogens is 2. The molecule has 0 spiro atoms. The molecule has 2 aromatic rings. The summed E-state index contributed by atoms with van der Waals surface area (Å²) >= 11 is 0. The summed E-state index contributed by atoms with van der Waals surface area (Å²) in [6.45, 7) is 7.63. The lowest BCUT2D eigenvalue weighted by Crippen LogP contribution is -2.44. The van der Waals surface area contributed by atoms with Crippen molar-refractivity contribution in [2.45, 2.75) is 70.4 Å². The fraction of sp³-hybridized carbons (Fsp3) is 0.643. The summed E-state index contributed by atoms with van der Waals surface area (Å²) in [6, 6.07) is 4.54. The number of benzene rings is 1. The highest BCUT2D eigenvalue weighted by atomic mass is 19.1. The molecule has 37 heavy (non-hydrogen) atoms. The molecule has 0 radical (unpaired) electrons. The molecule has 3 heterocycles. The number of alkyl halides is 1. The molecule has 2 aliphatic heterocycles. The van der Waals surface area contributed by atoms with E-state index < -0.39 is 23.8 Å². The summed E-state index contributed by atoms with van der Waals surface area (Å²) in [7, 11) is 0. The number of hydrogen-bond donors (Lipinski definition) is 2. The van der Waals surface area contributed by atoms with Gasteiger partial charge >= 0.3 is 0 Å². The van der Waals surface area contributed by atoms with Gasteiger partial charge in [0.2, 0.25) is 0 Å². The van der Waals surface area contributed by atoms with Crippen LogP contribution in [-0.2, 0) is 0 Å². The van der Waals surface area contributed by atoms with Crippen molar-refractivity contribution in [1.82, 2.24) is 19.8 Å². The zero-order valence-electron chi connectivity index (χ0n) is 22.0. The quantitative estimate of drug-likeness (QED) is 0.484. The third-order valence-electron chi connectivity index (χ3n) is 7.90. The Morgan fingerprint density at radius 1 is 1.11 bits per heavy atom. The largest absolute Gasteiger partial charge is 0.490 e. The van der Waals surface area contributed by atoms with Gasteiger partial charge in [-0.2, -0.15) is 0 Å².